The summed E-state index contributed by atoms with van der Waals surface area (Å²) in [6.07, 6.45) is 3.83. The fraction of sp³-hybridized carbons (Fsp3) is 0.167. The van der Waals surface area contributed by atoms with Crippen molar-refractivity contribution in [3.8, 4) is 0 Å². The van der Waals surface area contributed by atoms with E-state index in [0.717, 1.165) is 12.1 Å². The molecule has 0 unspecified atom stereocenters. The number of amides is 1. The van der Waals surface area contributed by atoms with E-state index in [0.29, 0.717) is 16.2 Å². The Bertz CT molecular complexity index is 571. The standard InChI is InChI=1S/C12H12BrN3O2/c1-2-8-7-11(16-15-8)14-12(17)6-4-9-3-5-10(13)18-9/h3-7H,2H2,1H3,(H2,14,15,16,17)/b6-4+. The van der Waals surface area contributed by atoms with Crippen LogP contribution in [0, 0.1) is 0 Å². The number of rotatable bonds is 4. The summed E-state index contributed by atoms with van der Waals surface area (Å²) in [4.78, 5) is 11.6. The summed E-state index contributed by atoms with van der Waals surface area (Å²) in [5.74, 6) is 0.868. The minimum Gasteiger partial charge on any atom is -0.450 e. The molecule has 0 aromatic carbocycles. The van der Waals surface area contributed by atoms with Crippen molar-refractivity contribution in [1.29, 1.82) is 0 Å². The third-order valence-electron chi connectivity index (χ3n) is 2.26. The summed E-state index contributed by atoms with van der Waals surface area (Å²) < 4.78 is 5.86. The number of carbonyl (C=O) groups excluding carboxylic acids is 1. The Hall–Kier alpha value is -1.82. The van der Waals surface area contributed by atoms with Gasteiger partial charge in [0.1, 0.15) is 5.76 Å². The highest BCUT2D eigenvalue weighted by molar-refractivity contribution is 9.10. The van der Waals surface area contributed by atoms with Crippen molar-refractivity contribution < 1.29 is 9.21 Å². The van der Waals surface area contributed by atoms with Gasteiger partial charge in [0.25, 0.3) is 0 Å². The Kier molecular flexibility index (Phi) is 3.99. The molecule has 2 rings (SSSR count). The monoisotopic (exact) mass is 309 g/mol. The smallest absolute Gasteiger partial charge is 0.249 e. The molecular formula is C12H12BrN3O2. The van der Waals surface area contributed by atoms with E-state index in [1.54, 1.807) is 24.3 Å². The van der Waals surface area contributed by atoms with E-state index in [-0.39, 0.29) is 5.91 Å². The number of nitrogens with one attached hydrogen (secondary N) is 2. The van der Waals surface area contributed by atoms with Crippen LogP contribution >= 0.6 is 15.9 Å². The van der Waals surface area contributed by atoms with E-state index >= 15 is 0 Å². The van der Waals surface area contributed by atoms with Crippen LogP contribution in [0.15, 0.2) is 33.4 Å². The highest BCUT2D eigenvalue weighted by Crippen LogP contribution is 2.15. The van der Waals surface area contributed by atoms with Gasteiger partial charge >= 0.3 is 0 Å². The molecule has 2 heterocycles. The fourth-order valence-electron chi connectivity index (χ4n) is 1.35. The van der Waals surface area contributed by atoms with Crippen molar-refractivity contribution in [2.75, 3.05) is 5.32 Å². The van der Waals surface area contributed by atoms with Crippen molar-refractivity contribution in [3.05, 3.63) is 40.4 Å². The molecule has 94 valence electrons. The van der Waals surface area contributed by atoms with Gasteiger partial charge in [0.15, 0.2) is 10.5 Å². The van der Waals surface area contributed by atoms with Crippen molar-refractivity contribution in [2.24, 2.45) is 0 Å². The van der Waals surface area contributed by atoms with Crippen LogP contribution in [0.2, 0.25) is 0 Å². The summed E-state index contributed by atoms with van der Waals surface area (Å²) in [5, 5.41) is 9.44. The van der Waals surface area contributed by atoms with E-state index in [1.807, 2.05) is 6.92 Å². The first kappa shape index (κ1) is 12.6. The second-order valence-corrected chi connectivity index (χ2v) is 4.38. The van der Waals surface area contributed by atoms with Gasteiger partial charge in [-0.2, -0.15) is 5.10 Å². The van der Waals surface area contributed by atoms with Crippen LogP contribution in [-0.2, 0) is 11.2 Å². The molecule has 6 heteroatoms. The maximum Gasteiger partial charge on any atom is 0.249 e. The predicted octanol–water partition coefficient (Wildman–Crippen LogP) is 2.98. The zero-order chi connectivity index (χ0) is 13.0. The third-order valence-corrected chi connectivity index (χ3v) is 2.68. The molecule has 0 fully saturated rings. The van der Waals surface area contributed by atoms with E-state index in [4.69, 9.17) is 4.42 Å². The van der Waals surface area contributed by atoms with Crippen LogP contribution in [-0.4, -0.2) is 16.1 Å². The number of H-pyrrole nitrogens is 1. The van der Waals surface area contributed by atoms with Crippen LogP contribution in [0.1, 0.15) is 18.4 Å². The summed E-state index contributed by atoms with van der Waals surface area (Å²) in [7, 11) is 0. The SMILES string of the molecule is CCc1cc(NC(=O)/C=C/c2ccc(Br)o2)n[nH]1. The van der Waals surface area contributed by atoms with Crippen LogP contribution in [0.25, 0.3) is 6.08 Å². The summed E-state index contributed by atoms with van der Waals surface area (Å²) in [5.41, 5.74) is 0.976. The molecule has 2 aromatic rings. The normalized spacial score (nSPS) is 11.0. The first-order valence-corrected chi connectivity index (χ1v) is 6.25. The van der Waals surface area contributed by atoms with Gasteiger partial charge in [0.05, 0.1) is 0 Å². The number of halogens is 1. The molecular weight excluding hydrogens is 298 g/mol. The quantitative estimate of drug-likeness (QED) is 0.853. The largest absolute Gasteiger partial charge is 0.450 e. The highest BCUT2D eigenvalue weighted by Gasteiger charge is 2.02. The Morgan fingerprint density at radius 1 is 1.61 bits per heavy atom. The van der Waals surface area contributed by atoms with Gasteiger partial charge in [0.2, 0.25) is 5.91 Å². The molecule has 18 heavy (non-hydrogen) atoms. The van der Waals surface area contributed by atoms with Gasteiger partial charge in [-0.05, 0) is 40.6 Å². The first-order valence-electron chi connectivity index (χ1n) is 5.46. The lowest BCUT2D eigenvalue weighted by molar-refractivity contribution is -0.111. The van der Waals surface area contributed by atoms with Crippen LogP contribution in [0.5, 0.6) is 0 Å². The molecule has 0 spiro atoms. The molecule has 5 nitrogen and oxygen atoms in total. The topological polar surface area (TPSA) is 70.9 Å². The van der Waals surface area contributed by atoms with Gasteiger partial charge in [-0.3, -0.25) is 9.89 Å². The van der Waals surface area contributed by atoms with E-state index in [2.05, 4.69) is 31.4 Å². The second kappa shape index (κ2) is 5.68. The average molecular weight is 310 g/mol. The molecule has 0 saturated heterocycles. The first-order chi connectivity index (χ1) is 8.67. The molecule has 0 bridgehead atoms. The summed E-state index contributed by atoms with van der Waals surface area (Å²) in [6, 6.07) is 5.33. The lowest BCUT2D eigenvalue weighted by atomic mass is 10.3. The van der Waals surface area contributed by atoms with Crippen molar-refractivity contribution in [1.82, 2.24) is 10.2 Å². The van der Waals surface area contributed by atoms with Crippen molar-refractivity contribution in [2.45, 2.75) is 13.3 Å². The minimum absolute atomic E-state index is 0.253. The number of hydrogen-bond donors (Lipinski definition) is 2. The van der Waals surface area contributed by atoms with Gasteiger partial charge in [-0.15, -0.1) is 0 Å². The van der Waals surface area contributed by atoms with E-state index in [1.165, 1.54) is 6.08 Å². The lowest BCUT2D eigenvalue weighted by Crippen LogP contribution is -2.07. The number of aryl methyl sites for hydroxylation is 1. The Morgan fingerprint density at radius 3 is 3.06 bits per heavy atom. The number of furan rings is 1. The van der Waals surface area contributed by atoms with Crippen molar-refractivity contribution >= 4 is 33.7 Å². The van der Waals surface area contributed by atoms with Gasteiger partial charge in [-0.1, -0.05) is 6.92 Å². The lowest BCUT2D eigenvalue weighted by Gasteiger charge is -1.94. The van der Waals surface area contributed by atoms with Gasteiger partial charge in [-0.25, -0.2) is 0 Å². The predicted molar refractivity (Wildman–Crippen MR) is 72.0 cm³/mol. The number of nitrogens with zero attached hydrogens (tertiary/aromatic N) is 1. The molecule has 0 radical (unpaired) electrons. The zero-order valence-corrected chi connectivity index (χ0v) is 11.3. The minimum atomic E-state index is -0.253. The number of carbonyl (C=O) groups is 1. The van der Waals surface area contributed by atoms with Crippen LogP contribution < -0.4 is 5.32 Å². The Balaban J connectivity index is 1.94. The maximum absolute atomic E-state index is 11.6. The van der Waals surface area contributed by atoms with E-state index < -0.39 is 0 Å². The van der Waals surface area contributed by atoms with Gasteiger partial charge < -0.3 is 9.73 Å². The Labute approximate surface area is 112 Å². The third kappa shape index (κ3) is 3.33. The summed E-state index contributed by atoms with van der Waals surface area (Å²) in [6.45, 7) is 2.01. The van der Waals surface area contributed by atoms with Crippen LogP contribution in [0.3, 0.4) is 0 Å². The van der Waals surface area contributed by atoms with Crippen LogP contribution in [0.4, 0.5) is 5.82 Å². The molecule has 0 aliphatic heterocycles. The number of aromatic nitrogens is 2. The molecule has 0 aliphatic rings. The highest BCUT2D eigenvalue weighted by atomic mass is 79.9. The number of hydrogen-bond acceptors (Lipinski definition) is 3. The molecule has 0 aliphatic carbocycles. The molecule has 0 atom stereocenters. The molecule has 2 N–H and O–H groups in total. The molecule has 1 amide bonds. The number of aromatic amines is 1. The zero-order valence-electron chi connectivity index (χ0n) is 9.74. The molecule has 2 aromatic heterocycles. The molecule has 0 saturated carbocycles. The summed E-state index contributed by atoms with van der Waals surface area (Å²) >= 11 is 3.19. The second-order valence-electron chi connectivity index (χ2n) is 3.60. The number of anilines is 1. The van der Waals surface area contributed by atoms with Crippen molar-refractivity contribution in [3.63, 3.8) is 0 Å². The Morgan fingerprint density at radius 2 is 2.44 bits per heavy atom. The van der Waals surface area contributed by atoms with Gasteiger partial charge in [0, 0.05) is 17.8 Å². The maximum atomic E-state index is 11.6. The average Bonchev–Trinajstić information content (AvgIpc) is 2.95. The van der Waals surface area contributed by atoms with E-state index in [9.17, 15) is 4.79 Å². The fourth-order valence-corrected chi connectivity index (χ4v) is 1.67.